The van der Waals surface area contributed by atoms with Gasteiger partial charge >= 0.3 is 0 Å². The number of likely N-dealkylation sites (tertiary alicyclic amines) is 1. The molecule has 2 aromatic carbocycles. The van der Waals surface area contributed by atoms with Gasteiger partial charge in [-0.05, 0) is 89.3 Å². The Morgan fingerprint density at radius 2 is 1.67 bits per heavy atom. The monoisotopic (exact) mass is 471 g/mol. The van der Waals surface area contributed by atoms with E-state index >= 15 is 0 Å². The fourth-order valence-corrected chi connectivity index (χ4v) is 5.71. The summed E-state index contributed by atoms with van der Waals surface area (Å²) in [6.07, 6.45) is 3.32. The lowest BCUT2D eigenvalue weighted by Gasteiger charge is -2.30. The third-order valence-electron chi connectivity index (χ3n) is 6.37. The topological polar surface area (TPSA) is 69.7 Å². The summed E-state index contributed by atoms with van der Waals surface area (Å²) >= 11 is 0. The Bertz CT molecular complexity index is 1040. The molecular formula is C26H37N3O3S. The quantitative estimate of drug-likeness (QED) is 0.560. The van der Waals surface area contributed by atoms with Crippen LogP contribution in [-0.2, 0) is 14.8 Å². The van der Waals surface area contributed by atoms with E-state index < -0.39 is 10.0 Å². The number of aryl methyl sites for hydroxylation is 3. The van der Waals surface area contributed by atoms with Crippen LogP contribution in [0.15, 0.2) is 47.4 Å². The van der Waals surface area contributed by atoms with E-state index in [1.165, 1.54) is 17.1 Å². The van der Waals surface area contributed by atoms with Crippen LogP contribution in [0.5, 0.6) is 0 Å². The highest BCUT2D eigenvalue weighted by molar-refractivity contribution is 7.92. The van der Waals surface area contributed by atoms with Crippen molar-refractivity contribution >= 4 is 21.6 Å². The van der Waals surface area contributed by atoms with Crippen molar-refractivity contribution in [3.8, 4) is 0 Å². The van der Waals surface area contributed by atoms with Gasteiger partial charge in [0.2, 0.25) is 5.91 Å². The van der Waals surface area contributed by atoms with Crippen LogP contribution < -0.4 is 9.62 Å². The van der Waals surface area contributed by atoms with E-state index in [1.807, 2.05) is 32.9 Å². The van der Waals surface area contributed by atoms with Crippen LogP contribution in [0.2, 0.25) is 0 Å². The number of nitrogens with zero attached hydrogens (tertiary/aromatic N) is 2. The van der Waals surface area contributed by atoms with Gasteiger partial charge in [-0.15, -0.1) is 0 Å². The third kappa shape index (κ3) is 6.81. The molecule has 0 radical (unpaired) electrons. The second-order valence-electron chi connectivity index (χ2n) is 9.34. The van der Waals surface area contributed by atoms with Crippen molar-refractivity contribution in [2.75, 3.05) is 37.0 Å². The van der Waals surface area contributed by atoms with Gasteiger partial charge in [-0.2, -0.15) is 0 Å². The highest BCUT2D eigenvalue weighted by Crippen LogP contribution is 2.27. The highest BCUT2D eigenvalue weighted by atomic mass is 32.2. The van der Waals surface area contributed by atoms with Crippen LogP contribution in [0, 0.1) is 26.7 Å². The lowest BCUT2D eigenvalue weighted by Crippen LogP contribution is -2.42. The number of hydrogen-bond donors (Lipinski definition) is 1. The van der Waals surface area contributed by atoms with Crippen LogP contribution in [0.1, 0.15) is 42.9 Å². The lowest BCUT2D eigenvalue weighted by atomic mass is 9.99. The van der Waals surface area contributed by atoms with Crippen molar-refractivity contribution in [2.24, 2.45) is 5.92 Å². The first-order valence-electron chi connectivity index (χ1n) is 11.8. The molecule has 33 heavy (non-hydrogen) atoms. The Morgan fingerprint density at radius 3 is 2.30 bits per heavy atom. The molecule has 0 spiro atoms. The molecule has 1 heterocycles. The zero-order chi connectivity index (χ0) is 24.0. The molecule has 2 aromatic rings. The van der Waals surface area contributed by atoms with Gasteiger partial charge in [-0.3, -0.25) is 9.10 Å². The second-order valence-corrected chi connectivity index (χ2v) is 11.2. The van der Waals surface area contributed by atoms with Crippen molar-refractivity contribution in [1.29, 1.82) is 0 Å². The number of carbonyl (C=O) groups is 1. The molecule has 3 rings (SSSR count). The standard InChI is InChI=1S/C26H37N3O3S/c1-20-6-9-24(10-7-20)33(31,32)29(25-11-8-22(3)18-23(25)4)19-26(30)27-14-5-15-28-16-12-21(2)13-17-28/h6-11,18,21H,5,12-17,19H2,1-4H3,(H,27,30). The van der Waals surface area contributed by atoms with Gasteiger partial charge in [0, 0.05) is 6.54 Å². The fourth-order valence-electron chi connectivity index (χ4n) is 4.22. The number of anilines is 1. The predicted molar refractivity (Wildman–Crippen MR) is 134 cm³/mol. The molecule has 1 aliphatic heterocycles. The molecule has 1 aliphatic rings. The average Bonchev–Trinajstić information content (AvgIpc) is 2.77. The fraction of sp³-hybridized carbons (Fsp3) is 0.500. The normalized spacial score (nSPS) is 15.4. The Hall–Kier alpha value is -2.38. The molecular weight excluding hydrogens is 434 g/mol. The zero-order valence-electron chi connectivity index (χ0n) is 20.3. The first-order chi connectivity index (χ1) is 15.7. The van der Waals surface area contributed by atoms with Crippen LogP contribution >= 0.6 is 0 Å². The third-order valence-corrected chi connectivity index (χ3v) is 8.14. The summed E-state index contributed by atoms with van der Waals surface area (Å²) in [7, 11) is -3.89. The van der Waals surface area contributed by atoms with Crippen LogP contribution in [0.4, 0.5) is 5.69 Å². The lowest BCUT2D eigenvalue weighted by molar-refractivity contribution is -0.119. The van der Waals surface area contributed by atoms with Gasteiger partial charge in [0.25, 0.3) is 10.0 Å². The Kier molecular flexibility index (Phi) is 8.54. The minimum Gasteiger partial charge on any atom is -0.354 e. The zero-order valence-corrected chi connectivity index (χ0v) is 21.1. The van der Waals surface area contributed by atoms with E-state index in [2.05, 4.69) is 17.1 Å². The number of carbonyl (C=O) groups excluding carboxylic acids is 1. The summed E-state index contributed by atoms with van der Waals surface area (Å²) in [6.45, 7) is 11.5. The first-order valence-corrected chi connectivity index (χ1v) is 13.3. The number of hydrogen-bond acceptors (Lipinski definition) is 4. The maximum Gasteiger partial charge on any atom is 0.264 e. The molecule has 0 saturated carbocycles. The van der Waals surface area contributed by atoms with Gasteiger partial charge < -0.3 is 10.2 Å². The van der Waals surface area contributed by atoms with E-state index in [4.69, 9.17) is 0 Å². The number of nitrogens with one attached hydrogen (secondary N) is 1. The minimum absolute atomic E-state index is 0.181. The summed E-state index contributed by atoms with van der Waals surface area (Å²) < 4.78 is 28.3. The molecule has 0 atom stereocenters. The summed E-state index contributed by atoms with van der Waals surface area (Å²) in [4.78, 5) is 15.4. The van der Waals surface area contributed by atoms with Gasteiger partial charge in [-0.1, -0.05) is 42.3 Å². The van der Waals surface area contributed by atoms with E-state index in [-0.39, 0.29) is 17.3 Å². The largest absolute Gasteiger partial charge is 0.354 e. The summed E-state index contributed by atoms with van der Waals surface area (Å²) in [5.41, 5.74) is 3.37. The Balaban J connectivity index is 1.69. The number of amides is 1. The second kappa shape index (κ2) is 11.2. The Labute approximate surface area is 199 Å². The van der Waals surface area contributed by atoms with E-state index in [9.17, 15) is 13.2 Å². The van der Waals surface area contributed by atoms with E-state index in [0.717, 1.165) is 48.7 Å². The summed E-state index contributed by atoms with van der Waals surface area (Å²) in [5, 5.41) is 2.92. The van der Waals surface area contributed by atoms with Crippen molar-refractivity contribution in [1.82, 2.24) is 10.2 Å². The maximum atomic E-state index is 13.5. The molecule has 1 amide bonds. The molecule has 1 saturated heterocycles. The van der Waals surface area contributed by atoms with Crippen molar-refractivity contribution < 1.29 is 13.2 Å². The molecule has 0 bridgehead atoms. The summed E-state index contributed by atoms with van der Waals surface area (Å²) in [6, 6.07) is 12.3. The predicted octanol–water partition coefficient (Wildman–Crippen LogP) is 4.05. The van der Waals surface area contributed by atoms with Crippen molar-refractivity contribution in [3.63, 3.8) is 0 Å². The molecule has 1 N–H and O–H groups in total. The highest BCUT2D eigenvalue weighted by Gasteiger charge is 2.28. The SMILES string of the molecule is Cc1ccc(S(=O)(=O)N(CC(=O)NCCCN2CCC(C)CC2)c2ccc(C)cc2C)cc1. The number of rotatable bonds is 9. The minimum atomic E-state index is -3.89. The average molecular weight is 472 g/mol. The van der Waals surface area contributed by atoms with Crippen LogP contribution in [0.3, 0.4) is 0 Å². The molecule has 0 aromatic heterocycles. The van der Waals surface area contributed by atoms with E-state index in [0.29, 0.717) is 12.2 Å². The van der Waals surface area contributed by atoms with Crippen molar-refractivity contribution in [3.05, 3.63) is 59.2 Å². The van der Waals surface area contributed by atoms with Gasteiger partial charge in [-0.25, -0.2) is 8.42 Å². The van der Waals surface area contributed by atoms with Gasteiger partial charge in [0.15, 0.2) is 0 Å². The Morgan fingerprint density at radius 1 is 1.03 bits per heavy atom. The van der Waals surface area contributed by atoms with Gasteiger partial charge in [0.05, 0.1) is 10.6 Å². The molecule has 6 nitrogen and oxygen atoms in total. The molecule has 0 unspecified atom stereocenters. The van der Waals surface area contributed by atoms with Crippen LogP contribution in [0.25, 0.3) is 0 Å². The summed E-state index contributed by atoms with van der Waals surface area (Å²) in [5.74, 6) is 0.505. The maximum absolute atomic E-state index is 13.5. The number of piperidine rings is 1. The van der Waals surface area contributed by atoms with E-state index in [1.54, 1.807) is 30.3 Å². The first kappa shape index (κ1) is 25.2. The van der Waals surface area contributed by atoms with Crippen molar-refractivity contribution in [2.45, 2.75) is 51.9 Å². The van der Waals surface area contributed by atoms with Gasteiger partial charge in [0.1, 0.15) is 6.54 Å². The molecule has 0 aliphatic carbocycles. The number of sulfonamides is 1. The smallest absolute Gasteiger partial charge is 0.264 e. The number of benzene rings is 2. The molecule has 1 fully saturated rings. The molecule has 180 valence electrons. The molecule has 7 heteroatoms. The van der Waals surface area contributed by atoms with Crippen LogP contribution in [-0.4, -0.2) is 51.9 Å².